The quantitative estimate of drug-likeness (QED) is 0.483. The van der Waals surface area contributed by atoms with Crippen molar-refractivity contribution in [3.8, 4) is 0 Å². The second-order valence-corrected chi connectivity index (χ2v) is 3.98. The first kappa shape index (κ1) is 16.9. The summed E-state index contributed by atoms with van der Waals surface area (Å²) in [6, 6.07) is 0. The third-order valence-corrected chi connectivity index (χ3v) is 0. The molecule has 0 rings (SSSR count). The average molecular weight is 351 g/mol. The van der Waals surface area contributed by atoms with E-state index in [1.165, 1.54) is 0 Å². The minimum absolute atomic E-state index is 0. The normalized spacial score (nSPS) is 8.00. The number of rotatable bonds is 0. The van der Waals surface area contributed by atoms with Crippen LogP contribution in [0.2, 0.25) is 0 Å². The fraction of sp³-hybridized carbons (Fsp3) is 1.00. The molecule has 0 N–H and O–H groups in total. The van der Waals surface area contributed by atoms with Gasteiger partial charge in [0, 0.05) is 0 Å². The Morgan fingerprint density at radius 2 is 0.778 bits per heavy atom. The minimum atomic E-state index is 0. The first-order chi connectivity index (χ1) is 3.46. The Morgan fingerprint density at radius 1 is 0.778 bits per heavy atom. The van der Waals surface area contributed by atoms with E-state index in [4.69, 9.17) is 0 Å². The van der Waals surface area contributed by atoms with E-state index in [-0.39, 0.29) is 27.7 Å². The second kappa shape index (κ2) is 12.3. The molecule has 0 aromatic carbocycles. The topological polar surface area (TPSA) is 0 Å². The van der Waals surface area contributed by atoms with E-state index in [0.717, 1.165) is 0 Å². The zero-order valence-electron chi connectivity index (χ0n) is 6.68. The van der Waals surface area contributed by atoms with Crippen LogP contribution in [0.1, 0.15) is 27.7 Å². The molecule has 0 saturated carbocycles. The Labute approximate surface area is 90.5 Å². The molecule has 0 saturated heterocycles. The molecule has 0 bridgehead atoms. The van der Waals surface area contributed by atoms with Gasteiger partial charge in [-0.15, -0.1) is 0 Å². The van der Waals surface area contributed by atoms with Crippen LogP contribution in [0.25, 0.3) is 0 Å². The van der Waals surface area contributed by atoms with Crippen molar-refractivity contribution < 1.29 is 27.7 Å². The predicted octanol–water partition coefficient (Wildman–Crippen LogP) is 1.88. The summed E-state index contributed by atoms with van der Waals surface area (Å²) in [5, 5.41) is 0.833. The van der Waals surface area contributed by atoms with E-state index in [1.54, 1.807) is 0 Å². The van der Waals surface area contributed by atoms with Crippen molar-refractivity contribution in [1.29, 1.82) is 0 Å². The van der Waals surface area contributed by atoms with Gasteiger partial charge in [0.15, 0.2) is 0 Å². The summed E-state index contributed by atoms with van der Waals surface area (Å²) in [4.78, 5) is 0. The van der Waals surface area contributed by atoms with Gasteiger partial charge in [0.1, 0.15) is 0 Å². The summed E-state index contributed by atoms with van der Waals surface area (Å²) in [6.45, 7) is 7.93. The maximum absolute atomic E-state index is 4.62. The molecule has 0 fully saturated rings. The molecular weight excluding hydrogens is 337 g/mol. The number of hydrogen-bond donors (Lipinski definition) is 0. The van der Waals surface area contributed by atoms with Gasteiger partial charge in [-0.05, 0) is 0 Å². The Balaban J connectivity index is -0.0000000720. The van der Waals surface area contributed by atoms with E-state index < -0.39 is 0 Å². The van der Waals surface area contributed by atoms with Gasteiger partial charge >= 0.3 is 27.7 Å². The molecule has 0 aliphatic heterocycles. The molecule has 3 heteroatoms. The Hall–Kier alpha value is 1.64. The molecule has 0 atom stereocenters. The van der Waals surface area contributed by atoms with Crippen molar-refractivity contribution in [2.75, 3.05) is 0 Å². The van der Waals surface area contributed by atoms with E-state index >= 15 is 0 Å². The molecule has 0 spiro atoms. The molecule has 0 aliphatic rings. The van der Waals surface area contributed by atoms with E-state index in [9.17, 15) is 0 Å². The average Bonchev–Trinajstić information content (AvgIpc) is 1.25. The van der Waals surface area contributed by atoms with Gasteiger partial charge in [-0.3, -0.25) is 0 Å². The summed E-state index contributed by atoms with van der Waals surface area (Å²) >= 11 is 9.24. The van der Waals surface area contributed by atoms with Crippen LogP contribution < -0.4 is 0 Å². The minimum Gasteiger partial charge on any atom is -0.790 e. The summed E-state index contributed by atoms with van der Waals surface area (Å²) in [5.74, 6) is 0. The third kappa shape index (κ3) is 210. The molecule has 0 amide bonds. The second-order valence-electron chi connectivity index (χ2n) is 2.10. The van der Waals surface area contributed by atoms with Crippen molar-refractivity contribution in [2.45, 2.75) is 38.2 Å². The Bertz CT molecular complexity index is 26.5. The third-order valence-electron chi connectivity index (χ3n) is 0. The fourth-order valence-electron chi connectivity index (χ4n) is 0. The molecule has 9 heavy (non-hydrogen) atoms. The summed E-state index contributed by atoms with van der Waals surface area (Å²) in [5.41, 5.74) is 0. The van der Waals surface area contributed by atoms with Crippen LogP contribution in [-0.2, 0) is 52.9 Å². The van der Waals surface area contributed by atoms with Gasteiger partial charge < -0.3 is 25.3 Å². The first-order valence-electron chi connectivity index (χ1n) is 2.78. The van der Waals surface area contributed by atoms with Crippen LogP contribution in [0.15, 0.2) is 0 Å². The smallest absolute Gasteiger partial charge is 0.790 e. The largest absolute Gasteiger partial charge is 2.00 e. The van der Waals surface area contributed by atoms with Crippen LogP contribution in [0.4, 0.5) is 0 Å². The summed E-state index contributed by atoms with van der Waals surface area (Å²) in [7, 11) is 0. The summed E-state index contributed by atoms with van der Waals surface area (Å²) in [6.07, 6.45) is 0. The van der Waals surface area contributed by atoms with Crippen LogP contribution in [-0.4, -0.2) is 10.5 Å². The zero-order valence-corrected chi connectivity index (χ0v) is 13.8. The van der Waals surface area contributed by atoms with Gasteiger partial charge in [0.2, 0.25) is 0 Å². The molecule has 0 aromatic heterocycles. The first-order valence-corrected chi connectivity index (χ1v) is 3.72. The van der Waals surface area contributed by atoms with Gasteiger partial charge in [0.25, 0.3) is 0 Å². The van der Waals surface area contributed by atoms with Crippen LogP contribution in [0, 0.1) is 0 Å². The van der Waals surface area contributed by atoms with Crippen molar-refractivity contribution >= 4 is 25.3 Å². The summed E-state index contributed by atoms with van der Waals surface area (Å²) < 4.78 is 0. The molecule has 0 radical (unpaired) electrons. The van der Waals surface area contributed by atoms with Crippen LogP contribution in [0.5, 0.6) is 0 Å². The van der Waals surface area contributed by atoms with E-state index in [0.29, 0.717) is 10.5 Å². The van der Waals surface area contributed by atoms with E-state index in [2.05, 4.69) is 25.3 Å². The van der Waals surface area contributed by atoms with Crippen LogP contribution in [0.3, 0.4) is 0 Å². The Kier molecular flexibility index (Phi) is 23.2. The van der Waals surface area contributed by atoms with E-state index in [1.807, 2.05) is 27.7 Å². The predicted molar refractivity (Wildman–Crippen MR) is 45.0 cm³/mol. The SMILES string of the molecule is CC(C)[S-].CC(C)[S-].[Hg+2]. The van der Waals surface area contributed by atoms with Crippen molar-refractivity contribution in [3.05, 3.63) is 0 Å². The molecule has 52 valence electrons. The molecule has 0 nitrogen and oxygen atoms in total. The maximum atomic E-state index is 4.62. The molecule has 0 aromatic rings. The van der Waals surface area contributed by atoms with Gasteiger partial charge in [-0.1, -0.05) is 27.7 Å². The standard InChI is InChI=1S/2C3H8S.Hg/c2*1-3(2)4;/h2*3-4H,1-2H3;/q;;+2/p-2. The van der Waals surface area contributed by atoms with Crippen molar-refractivity contribution in [1.82, 2.24) is 0 Å². The van der Waals surface area contributed by atoms with Gasteiger partial charge in [-0.2, -0.15) is 10.5 Å². The van der Waals surface area contributed by atoms with Crippen LogP contribution >= 0.6 is 0 Å². The molecular formula is C6H14HgS2. The van der Waals surface area contributed by atoms with Crippen molar-refractivity contribution in [3.63, 3.8) is 0 Å². The maximum Gasteiger partial charge on any atom is 2.00 e. The number of hydrogen-bond acceptors (Lipinski definition) is 2. The molecule has 0 aliphatic carbocycles. The molecule has 0 unspecified atom stereocenters. The Morgan fingerprint density at radius 3 is 0.778 bits per heavy atom. The van der Waals surface area contributed by atoms with Gasteiger partial charge in [-0.25, -0.2) is 0 Å². The van der Waals surface area contributed by atoms with Crippen molar-refractivity contribution in [2.24, 2.45) is 0 Å². The zero-order chi connectivity index (χ0) is 7.15. The molecule has 0 heterocycles. The monoisotopic (exact) mass is 352 g/mol. The fourth-order valence-corrected chi connectivity index (χ4v) is 0. The van der Waals surface area contributed by atoms with Gasteiger partial charge in [0.05, 0.1) is 0 Å².